The van der Waals surface area contributed by atoms with Gasteiger partial charge in [0.1, 0.15) is 5.75 Å². The molecule has 0 unspecified atom stereocenters. The smallest absolute Gasteiger partial charge is 0.271 e. The van der Waals surface area contributed by atoms with Crippen LogP contribution in [0.2, 0.25) is 5.02 Å². The molecule has 0 fully saturated rings. The van der Waals surface area contributed by atoms with E-state index in [1.54, 1.807) is 36.4 Å². The van der Waals surface area contributed by atoms with E-state index in [1.165, 1.54) is 30.5 Å². The predicted molar refractivity (Wildman–Crippen MR) is 125 cm³/mol. The maximum absolute atomic E-state index is 12.0. The van der Waals surface area contributed by atoms with E-state index in [1.807, 2.05) is 13.0 Å². The summed E-state index contributed by atoms with van der Waals surface area (Å²) in [6, 6.07) is 17.1. The number of hydrogen-bond acceptors (Lipinski definition) is 6. The molecule has 168 valence electrons. The van der Waals surface area contributed by atoms with Gasteiger partial charge in [-0.25, -0.2) is 5.43 Å². The molecule has 0 saturated heterocycles. The van der Waals surface area contributed by atoms with Crippen LogP contribution in [0.15, 0.2) is 71.8 Å². The van der Waals surface area contributed by atoms with Crippen molar-refractivity contribution in [3.63, 3.8) is 0 Å². The number of rotatable bonds is 8. The van der Waals surface area contributed by atoms with Crippen LogP contribution in [-0.2, 0) is 4.79 Å². The van der Waals surface area contributed by atoms with Gasteiger partial charge in [0.25, 0.3) is 17.5 Å². The second-order valence-corrected chi connectivity index (χ2v) is 7.28. The van der Waals surface area contributed by atoms with E-state index in [2.05, 4.69) is 15.8 Å². The summed E-state index contributed by atoms with van der Waals surface area (Å²) in [6.07, 6.45) is 1.43. The third kappa shape index (κ3) is 6.88. The van der Waals surface area contributed by atoms with Crippen LogP contribution in [-0.4, -0.2) is 29.6 Å². The number of amides is 2. The van der Waals surface area contributed by atoms with Crippen molar-refractivity contribution in [1.29, 1.82) is 0 Å². The first kappa shape index (κ1) is 23.4. The van der Waals surface area contributed by atoms with E-state index < -0.39 is 10.8 Å². The molecule has 3 aromatic carbocycles. The zero-order chi connectivity index (χ0) is 23.8. The Bertz CT molecular complexity index is 1190. The molecule has 3 rings (SSSR count). The number of anilines is 1. The molecule has 2 N–H and O–H groups in total. The molecular formula is C23H19ClN4O5. The first-order chi connectivity index (χ1) is 15.8. The third-order valence-corrected chi connectivity index (χ3v) is 4.83. The number of halogens is 1. The fourth-order valence-corrected chi connectivity index (χ4v) is 2.81. The number of carbonyl (C=O) groups is 2. The van der Waals surface area contributed by atoms with Gasteiger partial charge >= 0.3 is 0 Å². The zero-order valence-electron chi connectivity index (χ0n) is 17.4. The molecule has 0 bridgehead atoms. The van der Waals surface area contributed by atoms with Crippen LogP contribution >= 0.6 is 11.6 Å². The van der Waals surface area contributed by atoms with E-state index in [0.29, 0.717) is 22.0 Å². The molecule has 0 radical (unpaired) electrons. The number of benzene rings is 3. The second kappa shape index (κ2) is 10.9. The highest BCUT2D eigenvalue weighted by Gasteiger charge is 2.09. The molecule has 0 atom stereocenters. The molecule has 0 spiro atoms. The summed E-state index contributed by atoms with van der Waals surface area (Å²) in [6.45, 7) is 1.70. The minimum atomic E-state index is -0.542. The number of hydrazone groups is 1. The molecule has 10 heteroatoms. The summed E-state index contributed by atoms with van der Waals surface area (Å²) in [7, 11) is 0. The number of non-ortho nitro benzene ring substituents is 1. The van der Waals surface area contributed by atoms with Gasteiger partial charge in [0.05, 0.1) is 11.1 Å². The Morgan fingerprint density at radius 1 is 1.09 bits per heavy atom. The molecule has 2 amide bonds. The predicted octanol–water partition coefficient (Wildman–Crippen LogP) is 4.34. The summed E-state index contributed by atoms with van der Waals surface area (Å²) in [5.41, 5.74) is 4.68. The molecule has 3 aromatic rings. The highest BCUT2D eigenvalue weighted by atomic mass is 35.5. The van der Waals surface area contributed by atoms with Gasteiger partial charge in [-0.15, -0.1) is 0 Å². The van der Waals surface area contributed by atoms with E-state index in [9.17, 15) is 19.7 Å². The van der Waals surface area contributed by atoms with Crippen LogP contribution in [0.4, 0.5) is 11.4 Å². The van der Waals surface area contributed by atoms with Crippen molar-refractivity contribution in [3.05, 3.63) is 98.6 Å². The number of hydrogen-bond donors (Lipinski definition) is 2. The van der Waals surface area contributed by atoms with Crippen LogP contribution in [0.25, 0.3) is 0 Å². The SMILES string of the molecule is Cc1ccc(NC(=O)COc2ccc(/C=N/NC(=O)c3ccc([N+](=O)[O-])cc3)cc2)cc1Cl. The van der Waals surface area contributed by atoms with E-state index >= 15 is 0 Å². The summed E-state index contributed by atoms with van der Waals surface area (Å²) in [5, 5.41) is 17.8. The van der Waals surface area contributed by atoms with Gasteiger partial charge in [-0.2, -0.15) is 5.10 Å². The lowest BCUT2D eigenvalue weighted by Crippen LogP contribution is -2.20. The molecule has 0 saturated carbocycles. The highest BCUT2D eigenvalue weighted by molar-refractivity contribution is 6.31. The summed E-state index contributed by atoms with van der Waals surface area (Å²) < 4.78 is 5.47. The number of carbonyl (C=O) groups excluding carboxylic acids is 2. The molecule has 0 aliphatic carbocycles. The fraction of sp³-hybridized carbons (Fsp3) is 0.0870. The number of aryl methyl sites for hydroxylation is 1. The Balaban J connectivity index is 1.46. The standard InChI is InChI=1S/C23H19ClN4O5/c1-15-2-7-18(12-21(15)24)26-22(29)14-33-20-10-3-16(4-11-20)13-25-27-23(30)17-5-8-19(9-6-17)28(31)32/h2-13H,14H2,1H3,(H,26,29)(H,27,30)/b25-13+. The summed E-state index contributed by atoms with van der Waals surface area (Å²) >= 11 is 6.05. The van der Waals surface area contributed by atoms with Gasteiger partial charge in [-0.1, -0.05) is 17.7 Å². The average Bonchev–Trinajstić information content (AvgIpc) is 2.81. The van der Waals surface area contributed by atoms with Crippen molar-refractivity contribution in [2.45, 2.75) is 6.92 Å². The quantitative estimate of drug-likeness (QED) is 0.290. The number of ether oxygens (including phenoxy) is 1. The minimum absolute atomic E-state index is 0.102. The largest absolute Gasteiger partial charge is 0.484 e. The summed E-state index contributed by atoms with van der Waals surface area (Å²) in [4.78, 5) is 34.2. The zero-order valence-corrected chi connectivity index (χ0v) is 18.2. The van der Waals surface area contributed by atoms with Crippen LogP contribution < -0.4 is 15.5 Å². The molecule has 9 nitrogen and oxygen atoms in total. The van der Waals surface area contributed by atoms with Crippen molar-refractivity contribution >= 4 is 41.0 Å². The van der Waals surface area contributed by atoms with Gasteiger partial charge in [0.2, 0.25) is 0 Å². The number of nitro benzene ring substituents is 1. The van der Waals surface area contributed by atoms with Gasteiger partial charge in [0, 0.05) is 28.4 Å². The van der Waals surface area contributed by atoms with Gasteiger partial charge in [-0.3, -0.25) is 19.7 Å². The maximum Gasteiger partial charge on any atom is 0.271 e. The monoisotopic (exact) mass is 466 g/mol. The Morgan fingerprint density at radius 2 is 1.79 bits per heavy atom. The van der Waals surface area contributed by atoms with Crippen LogP contribution in [0, 0.1) is 17.0 Å². The van der Waals surface area contributed by atoms with E-state index in [-0.39, 0.29) is 23.8 Å². The molecule has 0 heterocycles. The van der Waals surface area contributed by atoms with Crippen molar-refractivity contribution in [2.75, 3.05) is 11.9 Å². The number of nitrogens with one attached hydrogen (secondary N) is 2. The number of nitro groups is 1. The average molecular weight is 467 g/mol. The lowest BCUT2D eigenvalue weighted by molar-refractivity contribution is -0.384. The first-order valence-electron chi connectivity index (χ1n) is 9.68. The Morgan fingerprint density at radius 3 is 2.42 bits per heavy atom. The van der Waals surface area contributed by atoms with Crippen LogP contribution in [0.5, 0.6) is 5.75 Å². The normalized spacial score (nSPS) is 10.6. The van der Waals surface area contributed by atoms with Crippen molar-refractivity contribution < 1.29 is 19.2 Å². The Hall–Kier alpha value is -4.24. The molecule has 33 heavy (non-hydrogen) atoms. The molecule has 0 aliphatic rings. The number of nitrogens with zero attached hydrogens (tertiary/aromatic N) is 2. The lowest BCUT2D eigenvalue weighted by Gasteiger charge is -2.08. The summed E-state index contributed by atoms with van der Waals surface area (Å²) in [5.74, 6) is -0.337. The van der Waals surface area contributed by atoms with E-state index in [0.717, 1.165) is 5.56 Å². The first-order valence-corrected chi connectivity index (χ1v) is 10.1. The minimum Gasteiger partial charge on any atom is -0.484 e. The maximum atomic E-state index is 12.0. The fourth-order valence-electron chi connectivity index (χ4n) is 2.63. The highest BCUT2D eigenvalue weighted by Crippen LogP contribution is 2.20. The Kier molecular flexibility index (Phi) is 7.72. The molecular weight excluding hydrogens is 448 g/mol. The van der Waals surface area contributed by atoms with Gasteiger partial charge < -0.3 is 10.1 Å². The lowest BCUT2D eigenvalue weighted by atomic mass is 10.2. The van der Waals surface area contributed by atoms with Gasteiger partial charge in [-0.05, 0) is 66.6 Å². The topological polar surface area (TPSA) is 123 Å². The molecule has 0 aliphatic heterocycles. The van der Waals surface area contributed by atoms with Crippen LogP contribution in [0.3, 0.4) is 0 Å². The van der Waals surface area contributed by atoms with Crippen molar-refractivity contribution in [1.82, 2.24) is 5.43 Å². The Labute approximate surface area is 194 Å². The second-order valence-electron chi connectivity index (χ2n) is 6.87. The van der Waals surface area contributed by atoms with Crippen molar-refractivity contribution in [2.24, 2.45) is 5.10 Å². The molecule has 0 aromatic heterocycles. The third-order valence-electron chi connectivity index (χ3n) is 4.43. The van der Waals surface area contributed by atoms with Gasteiger partial charge in [0.15, 0.2) is 6.61 Å². The van der Waals surface area contributed by atoms with Crippen LogP contribution in [0.1, 0.15) is 21.5 Å². The van der Waals surface area contributed by atoms with E-state index in [4.69, 9.17) is 16.3 Å². The van der Waals surface area contributed by atoms with Crippen molar-refractivity contribution in [3.8, 4) is 5.75 Å².